The van der Waals surface area contributed by atoms with Gasteiger partial charge in [-0.2, -0.15) is 0 Å². The summed E-state index contributed by atoms with van der Waals surface area (Å²) in [6, 6.07) is -0.568. The maximum atomic E-state index is 11.9. The van der Waals surface area contributed by atoms with Crippen LogP contribution in [0.5, 0.6) is 0 Å². The molecule has 120 valence electrons. The Morgan fingerprint density at radius 2 is 1.86 bits per heavy atom. The zero-order valence-electron chi connectivity index (χ0n) is 13.2. The molecule has 1 fully saturated rings. The number of hydrogen-bond acceptors (Lipinski definition) is 4. The van der Waals surface area contributed by atoms with Gasteiger partial charge < -0.3 is 10.4 Å². The lowest BCUT2D eigenvalue weighted by Gasteiger charge is -2.41. The van der Waals surface area contributed by atoms with Gasteiger partial charge in [-0.15, -0.1) is 0 Å². The van der Waals surface area contributed by atoms with E-state index in [1.807, 2.05) is 20.8 Å². The number of imide groups is 1. The van der Waals surface area contributed by atoms with Crippen molar-refractivity contribution in [2.75, 3.05) is 13.1 Å². The Kier molecular flexibility index (Phi) is 5.33. The van der Waals surface area contributed by atoms with E-state index in [1.54, 1.807) is 11.8 Å². The number of rotatable bonds is 3. The molecular formula is C14H25N3O4. The summed E-state index contributed by atoms with van der Waals surface area (Å²) in [6.07, 6.45) is 2.18. The topological polar surface area (TPSA) is 98.7 Å². The lowest BCUT2D eigenvalue weighted by atomic mass is 9.88. The lowest BCUT2D eigenvalue weighted by Crippen LogP contribution is -2.58. The van der Waals surface area contributed by atoms with E-state index >= 15 is 0 Å². The molecule has 0 aromatic rings. The number of urea groups is 1. The highest BCUT2D eigenvalue weighted by Gasteiger charge is 2.42. The highest BCUT2D eigenvalue weighted by atomic mass is 16.4. The highest BCUT2D eigenvalue weighted by molar-refractivity contribution is 5.95. The fraction of sp³-hybridized carbons (Fsp3) is 0.786. The Hall–Kier alpha value is -1.63. The van der Waals surface area contributed by atoms with Crippen LogP contribution in [-0.4, -0.2) is 52.1 Å². The maximum Gasteiger partial charge on any atom is 0.323 e. The van der Waals surface area contributed by atoms with Gasteiger partial charge in [0.05, 0.1) is 6.54 Å². The highest BCUT2D eigenvalue weighted by Crippen LogP contribution is 2.27. The number of carbonyl (C=O) groups excluding carboxylic acids is 2. The zero-order valence-corrected chi connectivity index (χ0v) is 13.2. The Morgan fingerprint density at radius 1 is 1.24 bits per heavy atom. The summed E-state index contributed by atoms with van der Waals surface area (Å²) in [6.45, 7) is 7.49. The van der Waals surface area contributed by atoms with Crippen LogP contribution in [0, 0.1) is 0 Å². The second-order valence-corrected chi connectivity index (χ2v) is 6.71. The van der Waals surface area contributed by atoms with Crippen molar-refractivity contribution < 1.29 is 19.5 Å². The van der Waals surface area contributed by atoms with E-state index in [9.17, 15) is 19.5 Å². The summed E-state index contributed by atoms with van der Waals surface area (Å²) in [7, 11) is 0. The van der Waals surface area contributed by atoms with Crippen molar-refractivity contribution in [3.63, 3.8) is 0 Å². The molecule has 0 aliphatic carbocycles. The summed E-state index contributed by atoms with van der Waals surface area (Å²) in [5.74, 6) is -1.43. The van der Waals surface area contributed by atoms with Crippen molar-refractivity contribution in [1.29, 1.82) is 0 Å². The van der Waals surface area contributed by atoms with Crippen molar-refractivity contribution in [2.45, 2.75) is 58.0 Å². The molecule has 1 aliphatic heterocycles. The third-order valence-corrected chi connectivity index (χ3v) is 3.58. The van der Waals surface area contributed by atoms with Gasteiger partial charge in [0, 0.05) is 5.54 Å². The van der Waals surface area contributed by atoms with Crippen molar-refractivity contribution in [1.82, 2.24) is 15.5 Å². The summed E-state index contributed by atoms with van der Waals surface area (Å²) in [4.78, 5) is 36.6. The Morgan fingerprint density at radius 3 is 2.38 bits per heavy atom. The van der Waals surface area contributed by atoms with E-state index in [2.05, 4.69) is 10.6 Å². The van der Waals surface area contributed by atoms with Gasteiger partial charge in [-0.3, -0.25) is 19.8 Å². The van der Waals surface area contributed by atoms with Gasteiger partial charge in [-0.05, 0) is 53.5 Å². The van der Waals surface area contributed by atoms with E-state index in [1.165, 1.54) is 0 Å². The number of carboxylic acid groups (broad SMARTS) is 1. The largest absolute Gasteiger partial charge is 0.480 e. The number of likely N-dealkylation sites (tertiary alicyclic amines) is 1. The van der Waals surface area contributed by atoms with Gasteiger partial charge in [0.2, 0.25) is 5.91 Å². The van der Waals surface area contributed by atoms with Crippen LogP contribution in [-0.2, 0) is 9.59 Å². The number of carboxylic acids is 1. The average molecular weight is 299 g/mol. The number of aliphatic carboxylic acids is 1. The molecular weight excluding hydrogens is 274 g/mol. The smallest absolute Gasteiger partial charge is 0.323 e. The van der Waals surface area contributed by atoms with Crippen LogP contribution in [0.2, 0.25) is 0 Å². The van der Waals surface area contributed by atoms with Crippen LogP contribution in [0.1, 0.15) is 47.0 Å². The summed E-state index contributed by atoms with van der Waals surface area (Å²) in [5, 5.41) is 14.2. The second kappa shape index (κ2) is 6.43. The molecule has 21 heavy (non-hydrogen) atoms. The predicted octanol–water partition coefficient (Wildman–Crippen LogP) is 0.940. The standard InChI is InChI=1S/C14H25N3O4/c1-13(2,3)16-12(21)15-10(18)9-17-8-6-5-7-14(17,4)11(19)20/h5-9H2,1-4H3,(H,19,20)(H2,15,16,18,21). The van der Waals surface area contributed by atoms with Gasteiger partial charge >= 0.3 is 12.0 Å². The van der Waals surface area contributed by atoms with Crippen LogP contribution in [0.25, 0.3) is 0 Å². The summed E-state index contributed by atoms with van der Waals surface area (Å²) >= 11 is 0. The molecule has 0 saturated carbocycles. The number of nitrogens with zero attached hydrogens (tertiary/aromatic N) is 1. The molecule has 0 aromatic heterocycles. The molecule has 0 radical (unpaired) electrons. The van der Waals surface area contributed by atoms with Gasteiger partial charge in [0.25, 0.3) is 0 Å². The van der Waals surface area contributed by atoms with E-state index in [-0.39, 0.29) is 6.54 Å². The Bertz CT molecular complexity index is 430. The van der Waals surface area contributed by atoms with Crippen LogP contribution in [0.4, 0.5) is 4.79 Å². The minimum absolute atomic E-state index is 0.0969. The normalized spacial score (nSPS) is 23.4. The Labute approximate surface area is 125 Å². The van der Waals surface area contributed by atoms with E-state index in [0.29, 0.717) is 13.0 Å². The average Bonchev–Trinajstić information content (AvgIpc) is 2.29. The van der Waals surface area contributed by atoms with Crippen molar-refractivity contribution in [3.8, 4) is 0 Å². The Balaban J connectivity index is 2.60. The first-order valence-corrected chi connectivity index (χ1v) is 7.15. The minimum atomic E-state index is -1.05. The van der Waals surface area contributed by atoms with Gasteiger partial charge in [-0.1, -0.05) is 0 Å². The number of carbonyl (C=O) groups is 3. The van der Waals surface area contributed by atoms with E-state index in [0.717, 1.165) is 12.8 Å². The summed E-state index contributed by atoms with van der Waals surface area (Å²) in [5.41, 5.74) is -1.48. The molecule has 1 unspecified atom stereocenters. The van der Waals surface area contributed by atoms with Gasteiger partial charge in [0.1, 0.15) is 5.54 Å². The molecule has 0 aromatic carbocycles. The number of nitrogens with one attached hydrogen (secondary N) is 2. The van der Waals surface area contributed by atoms with Gasteiger partial charge in [-0.25, -0.2) is 4.79 Å². The molecule has 1 heterocycles. The fourth-order valence-corrected chi connectivity index (χ4v) is 2.38. The van der Waals surface area contributed by atoms with Crippen LogP contribution >= 0.6 is 0 Å². The molecule has 0 spiro atoms. The molecule has 1 atom stereocenters. The van der Waals surface area contributed by atoms with Crippen LogP contribution in [0.3, 0.4) is 0 Å². The molecule has 7 nitrogen and oxygen atoms in total. The van der Waals surface area contributed by atoms with Crippen LogP contribution in [0.15, 0.2) is 0 Å². The third-order valence-electron chi connectivity index (χ3n) is 3.58. The first kappa shape index (κ1) is 17.4. The second-order valence-electron chi connectivity index (χ2n) is 6.71. The van der Waals surface area contributed by atoms with E-state index in [4.69, 9.17) is 0 Å². The van der Waals surface area contributed by atoms with E-state index < -0.39 is 29.0 Å². The fourth-order valence-electron chi connectivity index (χ4n) is 2.38. The van der Waals surface area contributed by atoms with Crippen molar-refractivity contribution >= 4 is 17.9 Å². The monoisotopic (exact) mass is 299 g/mol. The molecule has 3 N–H and O–H groups in total. The molecule has 1 saturated heterocycles. The van der Waals surface area contributed by atoms with Crippen LogP contribution < -0.4 is 10.6 Å². The SMILES string of the molecule is CC(C)(C)NC(=O)NC(=O)CN1CCCCC1(C)C(=O)O. The first-order valence-electron chi connectivity index (χ1n) is 7.15. The molecule has 1 aliphatic rings. The molecule has 1 rings (SSSR count). The molecule has 7 heteroatoms. The maximum absolute atomic E-state index is 11.9. The van der Waals surface area contributed by atoms with Crippen molar-refractivity contribution in [3.05, 3.63) is 0 Å². The third kappa shape index (κ3) is 5.00. The number of amides is 3. The first-order chi connectivity index (χ1) is 9.54. The van der Waals surface area contributed by atoms with Gasteiger partial charge in [0.15, 0.2) is 0 Å². The minimum Gasteiger partial charge on any atom is -0.480 e. The molecule has 3 amide bonds. The molecule has 0 bridgehead atoms. The summed E-state index contributed by atoms with van der Waals surface area (Å²) < 4.78 is 0. The quantitative estimate of drug-likeness (QED) is 0.720. The van der Waals surface area contributed by atoms with Crippen molar-refractivity contribution in [2.24, 2.45) is 0 Å². The predicted molar refractivity (Wildman–Crippen MR) is 77.9 cm³/mol. The lowest BCUT2D eigenvalue weighted by molar-refractivity contribution is -0.153. The number of hydrogen-bond donors (Lipinski definition) is 3. The number of piperidine rings is 1. The zero-order chi connectivity index (χ0) is 16.3.